The Hall–Kier alpha value is -1.63. The molecule has 3 rings (SSSR count). The maximum atomic E-state index is 12.7. The molecular formula is C16H20ClN3O3. The average Bonchev–Trinajstić information content (AvgIpc) is 2.97. The number of β-amino-alcohol motifs (C(OH)–C–C–N with tert-alkyl or cyclic N) is 1. The number of anilines is 1. The van der Waals surface area contributed by atoms with E-state index < -0.39 is 18.2 Å². The molecule has 0 bridgehead atoms. The van der Waals surface area contributed by atoms with E-state index in [-0.39, 0.29) is 11.8 Å². The number of carbonyl (C=O) groups is 2. The fourth-order valence-corrected chi connectivity index (χ4v) is 3.35. The Morgan fingerprint density at radius 3 is 2.87 bits per heavy atom. The quantitative estimate of drug-likeness (QED) is 0.757. The number of piperidine rings is 1. The van der Waals surface area contributed by atoms with Gasteiger partial charge >= 0.3 is 0 Å². The van der Waals surface area contributed by atoms with Crippen LogP contribution in [0.3, 0.4) is 0 Å². The van der Waals surface area contributed by atoms with Crippen molar-refractivity contribution in [2.45, 2.75) is 37.5 Å². The lowest BCUT2D eigenvalue weighted by Crippen LogP contribution is -2.55. The topological polar surface area (TPSA) is 81.7 Å². The Morgan fingerprint density at radius 2 is 2.17 bits per heavy atom. The van der Waals surface area contributed by atoms with E-state index in [2.05, 4.69) is 10.6 Å². The second-order valence-electron chi connectivity index (χ2n) is 6.00. The molecule has 0 radical (unpaired) electrons. The molecule has 2 aliphatic heterocycles. The number of nitrogens with one attached hydrogen (secondary N) is 2. The highest BCUT2D eigenvalue weighted by Crippen LogP contribution is 2.28. The molecule has 124 valence electrons. The number of amides is 2. The van der Waals surface area contributed by atoms with Gasteiger partial charge in [0.25, 0.3) is 0 Å². The van der Waals surface area contributed by atoms with Crippen LogP contribution in [-0.4, -0.2) is 48.2 Å². The predicted octanol–water partition coefficient (Wildman–Crippen LogP) is 0.674. The summed E-state index contributed by atoms with van der Waals surface area (Å²) < 4.78 is 0. The number of hydrogen-bond acceptors (Lipinski definition) is 4. The zero-order valence-electron chi connectivity index (χ0n) is 12.7. The summed E-state index contributed by atoms with van der Waals surface area (Å²) >= 11 is 6.18. The molecule has 6 nitrogen and oxygen atoms in total. The first-order valence-electron chi connectivity index (χ1n) is 7.84. The van der Waals surface area contributed by atoms with Crippen molar-refractivity contribution in [3.05, 3.63) is 29.3 Å². The highest BCUT2D eigenvalue weighted by atomic mass is 35.5. The van der Waals surface area contributed by atoms with E-state index in [0.717, 1.165) is 6.42 Å². The smallest absolute Gasteiger partial charge is 0.249 e. The number of benzene rings is 1. The maximum Gasteiger partial charge on any atom is 0.249 e. The van der Waals surface area contributed by atoms with Gasteiger partial charge in [-0.3, -0.25) is 9.59 Å². The van der Waals surface area contributed by atoms with Crippen LogP contribution >= 0.6 is 11.6 Å². The third-order valence-electron chi connectivity index (χ3n) is 4.32. The van der Waals surface area contributed by atoms with Crippen LogP contribution in [0, 0.1) is 0 Å². The van der Waals surface area contributed by atoms with E-state index in [1.165, 1.54) is 0 Å². The van der Waals surface area contributed by atoms with Gasteiger partial charge in [-0.1, -0.05) is 23.7 Å². The molecule has 0 aromatic heterocycles. The van der Waals surface area contributed by atoms with Crippen molar-refractivity contribution in [1.29, 1.82) is 0 Å². The van der Waals surface area contributed by atoms with E-state index >= 15 is 0 Å². The lowest BCUT2D eigenvalue weighted by atomic mass is 10.0. The molecule has 2 saturated heterocycles. The van der Waals surface area contributed by atoms with Crippen molar-refractivity contribution < 1.29 is 14.7 Å². The standard InChI is InChI=1S/C16H20ClN3O3/c17-11-4-1-2-6-14(11)20-7-3-5-12(16(20)23)19-15(22)13-8-10(21)9-18-13/h1-2,4,6,10,12-13,18,21H,3,5,7-9H2,(H,19,22). The minimum absolute atomic E-state index is 0.142. The highest BCUT2D eigenvalue weighted by Gasteiger charge is 2.35. The zero-order valence-corrected chi connectivity index (χ0v) is 13.4. The summed E-state index contributed by atoms with van der Waals surface area (Å²) in [6.07, 6.45) is 1.28. The molecule has 23 heavy (non-hydrogen) atoms. The van der Waals surface area contributed by atoms with Gasteiger partial charge in [-0.2, -0.15) is 0 Å². The zero-order chi connectivity index (χ0) is 16.4. The Morgan fingerprint density at radius 1 is 1.39 bits per heavy atom. The predicted molar refractivity (Wildman–Crippen MR) is 87.4 cm³/mol. The van der Waals surface area contributed by atoms with Gasteiger partial charge < -0.3 is 20.6 Å². The first kappa shape index (κ1) is 16.2. The molecule has 2 amide bonds. The molecule has 2 aliphatic rings. The van der Waals surface area contributed by atoms with Crippen molar-refractivity contribution in [1.82, 2.24) is 10.6 Å². The van der Waals surface area contributed by atoms with Gasteiger partial charge in [-0.25, -0.2) is 0 Å². The van der Waals surface area contributed by atoms with Crippen LogP contribution in [0.1, 0.15) is 19.3 Å². The van der Waals surface area contributed by atoms with Gasteiger partial charge in [0.05, 0.1) is 22.9 Å². The minimum Gasteiger partial charge on any atom is -0.392 e. The van der Waals surface area contributed by atoms with Crippen molar-refractivity contribution in [3.8, 4) is 0 Å². The number of hydrogen-bond donors (Lipinski definition) is 3. The Labute approximate surface area is 139 Å². The lowest BCUT2D eigenvalue weighted by molar-refractivity contribution is -0.129. The summed E-state index contributed by atoms with van der Waals surface area (Å²) in [5.74, 6) is -0.378. The second kappa shape index (κ2) is 6.86. The molecule has 7 heteroatoms. The Bertz CT molecular complexity index is 610. The molecule has 3 atom stereocenters. The molecular weight excluding hydrogens is 318 g/mol. The van der Waals surface area contributed by atoms with Gasteiger partial charge in [-0.05, 0) is 31.4 Å². The first-order valence-corrected chi connectivity index (χ1v) is 8.22. The largest absolute Gasteiger partial charge is 0.392 e. The van der Waals surface area contributed by atoms with Crippen LogP contribution < -0.4 is 15.5 Å². The van der Waals surface area contributed by atoms with E-state index in [1.54, 1.807) is 17.0 Å². The van der Waals surface area contributed by atoms with Crippen LogP contribution in [0.15, 0.2) is 24.3 Å². The summed E-state index contributed by atoms with van der Waals surface area (Å²) in [4.78, 5) is 26.5. The molecule has 2 fully saturated rings. The Balaban J connectivity index is 1.68. The number of para-hydroxylation sites is 1. The normalized spacial score (nSPS) is 28.0. The molecule has 2 heterocycles. The molecule has 1 aromatic rings. The Kier molecular flexibility index (Phi) is 4.84. The van der Waals surface area contributed by atoms with E-state index in [4.69, 9.17) is 11.6 Å². The third-order valence-corrected chi connectivity index (χ3v) is 4.64. The van der Waals surface area contributed by atoms with Crippen LogP contribution in [0.4, 0.5) is 5.69 Å². The second-order valence-corrected chi connectivity index (χ2v) is 6.40. The number of halogens is 1. The van der Waals surface area contributed by atoms with Crippen LogP contribution in [0.5, 0.6) is 0 Å². The molecule has 3 N–H and O–H groups in total. The van der Waals surface area contributed by atoms with Gasteiger partial charge in [0.2, 0.25) is 11.8 Å². The van der Waals surface area contributed by atoms with Crippen LogP contribution in [-0.2, 0) is 9.59 Å². The third kappa shape index (κ3) is 3.49. The first-order chi connectivity index (χ1) is 11.1. The van der Waals surface area contributed by atoms with Gasteiger partial charge in [0.15, 0.2) is 0 Å². The summed E-state index contributed by atoms with van der Waals surface area (Å²) in [6, 6.07) is 6.22. The van der Waals surface area contributed by atoms with Crippen molar-refractivity contribution in [2.75, 3.05) is 18.0 Å². The molecule has 0 aliphatic carbocycles. The van der Waals surface area contributed by atoms with E-state index in [9.17, 15) is 14.7 Å². The summed E-state index contributed by atoms with van der Waals surface area (Å²) in [5.41, 5.74) is 0.674. The lowest BCUT2D eigenvalue weighted by Gasteiger charge is -2.33. The van der Waals surface area contributed by atoms with Crippen molar-refractivity contribution >= 4 is 29.1 Å². The van der Waals surface area contributed by atoms with E-state index in [1.807, 2.05) is 12.1 Å². The fourth-order valence-electron chi connectivity index (χ4n) is 3.11. The van der Waals surface area contributed by atoms with Gasteiger partial charge in [0, 0.05) is 13.1 Å². The monoisotopic (exact) mass is 337 g/mol. The van der Waals surface area contributed by atoms with Crippen LogP contribution in [0.2, 0.25) is 5.02 Å². The van der Waals surface area contributed by atoms with Gasteiger partial charge in [0.1, 0.15) is 6.04 Å². The van der Waals surface area contributed by atoms with Crippen LogP contribution in [0.25, 0.3) is 0 Å². The number of rotatable bonds is 3. The summed E-state index contributed by atoms with van der Waals surface area (Å²) in [6.45, 7) is 0.998. The maximum absolute atomic E-state index is 12.7. The summed E-state index contributed by atoms with van der Waals surface area (Å²) in [7, 11) is 0. The SMILES string of the molecule is O=C(NC1CCCN(c2ccccc2Cl)C1=O)C1CC(O)CN1. The molecule has 3 unspecified atom stereocenters. The molecule has 0 saturated carbocycles. The average molecular weight is 338 g/mol. The number of carbonyl (C=O) groups excluding carboxylic acids is 2. The fraction of sp³-hybridized carbons (Fsp3) is 0.500. The number of aliphatic hydroxyl groups is 1. The molecule has 0 spiro atoms. The summed E-state index contributed by atoms with van der Waals surface area (Å²) in [5, 5.41) is 15.8. The van der Waals surface area contributed by atoms with Gasteiger partial charge in [-0.15, -0.1) is 0 Å². The highest BCUT2D eigenvalue weighted by molar-refractivity contribution is 6.33. The van der Waals surface area contributed by atoms with Crippen molar-refractivity contribution in [2.24, 2.45) is 0 Å². The van der Waals surface area contributed by atoms with Crippen molar-refractivity contribution in [3.63, 3.8) is 0 Å². The number of aliphatic hydroxyl groups excluding tert-OH is 1. The minimum atomic E-state index is -0.549. The van der Waals surface area contributed by atoms with E-state index in [0.29, 0.717) is 36.6 Å². The number of nitrogens with zero attached hydrogens (tertiary/aromatic N) is 1. The molecule has 1 aromatic carbocycles.